The molecule has 0 bridgehead atoms. The monoisotopic (exact) mass is 140 g/mol. The summed E-state index contributed by atoms with van der Waals surface area (Å²) in [6.45, 7) is 0. The minimum atomic E-state index is 0. The van der Waals surface area contributed by atoms with Gasteiger partial charge in [-0.3, -0.25) is 0 Å². The van der Waals surface area contributed by atoms with E-state index < -0.39 is 0 Å². The van der Waals surface area contributed by atoms with Gasteiger partial charge in [-0.15, -0.1) is 0 Å². The van der Waals surface area contributed by atoms with Crippen LogP contribution in [0.2, 0.25) is 0 Å². The third-order valence-electron chi connectivity index (χ3n) is 0. The number of rotatable bonds is 0. The van der Waals surface area contributed by atoms with E-state index in [1.807, 2.05) is 0 Å². The second-order valence-corrected chi connectivity index (χ2v) is 0. The standard InChI is InChI=1S/2CH4.3CH3.Cu/h2*1H4;3*1H3;/q;;3*-1;. The molecule has 0 aliphatic rings. The van der Waals surface area contributed by atoms with Crippen LogP contribution in [0.15, 0.2) is 0 Å². The average Bonchev–Trinajstić information content (AvgIpc) is 0. The summed E-state index contributed by atoms with van der Waals surface area (Å²) < 4.78 is 0. The van der Waals surface area contributed by atoms with Gasteiger partial charge in [-0.2, -0.15) is 0 Å². The van der Waals surface area contributed by atoms with E-state index >= 15 is 0 Å². The molecule has 0 saturated carbocycles. The van der Waals surface area contributed by atoms with Crippen LogP contribution >= 0.6 is 0 Å². The number of hydrogen-bond donors (Lipinski definition) is 0. The van der Waals surface area contributed by atoms with Gasteiger partial charge in [-0.05, 0) is 0 Å². The molecule has 1 heteroatoms. The maximum absolute atomic E-state index is 0. The molecule has 1 radical (unpaired) electrons. The zero-order valence-electron chi connectivity index (χ0n) is 3.30. The molecule has 0 saturated heterocycles. The molecule has 0 aromatic rings. The Morgan fingerprint density at radius 3 is 0.500 bits per heavy atom. The van der Waals surface area contributed by atoms with Crippen LogP contribution in [0.3, 0.4) is 0 Å². The molecular formula is C5H17Cu-3. The molecule has 0 spiro atoms. The van der Waals surface area contributed by atoms with E-state index in [0.717, 1.165) is 0 Å². The molecule has 0 aromatic carbocycles. The zero-order chi connectivity index (χ0) is 0. The van der Waals surface area contributed by atoms with Gasteiger partial charge in [0, 0.05) is 17.1 Å². The Hall–Kier alpha value is 0.519. The van der Waals surface area contributed by atoms with Crippen LogP contribution in [-0.2, 0) is 17.1 Å². The second-order valence-electron chi connectivity index (χ2n) is 0. The molecule has 0 aromatic heterocycles. The van der Waals surface area contributed by atoms with Gasteiger partial charge in [0.2, 0.25) is 0 Å². The van der Waals surface area contributed by atoms with Crippen molar-refractivity contribution in [1.82, 2.24) is 0 Å². The minimum absolute atomic E-state index is 0. The second kappa shape index (κ2) is 418. The fourth-order valence-electron chi connectivity index (χ4n) is 0. The van der Waals surface area contributed by atoms with Crippen LogP contribution in [-0.4, -0.2) is 0 Å². The average molecular weight is 141 g/mol. The van der Waals surface area contributed by atoms with Gasteiger partial charge < -0.3 is 22.3 Å². The Bertz CT molecular complexity index is 3.90. The van der Waals surface area contributed by atoms with Crippen LogP contribution in [0.4, 0.5) is 0 Å². The quantitative estimate of drug-likeness (QED) is 0.359. The van der Waals surface area contributed by atoms with E-state index in [4.69, 9.17) is 0 Å². The largest absolute Gasteiger partial charge is 0.358 e. The predicted octanol–water partition coefficient (Wildman–Crippen LogP) is 2.62. The van der Waals surface area contributed by atoms with Crippen LogP contribution in [0, 0.1) is 22.3 Å². The van der Waals surface area contributed by atoms with Crippen LogP contribution in [0.5, 0.6) is 0 Å². The van der Waals surface area contributed by atoms with Gasteiger partial charge in [-0.25, -0.2) is 0 Å². The summed E-state index contributed by atoms with van der Waals surface area (Å²) in [5, 5.41) is 0. The van der Waals surface area contributed by atoms with Gasteiger partial charge in [0.25, 0.3) is 0 Å². The van der Waals surface area contributed by atoms with E-state index in [9.17, 15) is 0 Å². The summed E-state index contributed by atoms with van der Waals surface area (Å²) in [6, 6.07) is 0. The summed E-state index contributed by atoms with van der Waals surface area (Å²) in [7, 11) is 0. The Labute approximate surface area is 54.8 Å². The van der Waals surface area contributed by atoms with E-state index in [1.54, 1.807) is 0 Å². The third-order valence-corrected chi connectivity index (χ3v) is 0. The van der Waals surface area contributed by atoms with E-state index in [1.165, 1.54) is 0 Å². The summed E-state index contributed by atoms with van der Waals surface area (Å²) in [4.78, 5) is 0. The molecule has 0 fully saturated rings. The third kappa shape index (κ3) is 207. The normalized spacial score (nSPS) is 0. The van der Waals surface area contributed by atoms with Crippen LogP contribution in [0.1, 0.15) is 14.9 Å². The first-order valence-electron chi connectivity index (χ1n) is 0. The zero-order valence-corrected chi connectivity index (χ0v) is 4.24. The fourth-order valence-corrected chi connectivity index (χ4v) is 0. The Kier molecular flexibility index (Phi) is 51200. The Balaban J connectivity index is 0. The van der Waals surface area contributed by atoms with Gasteiger partial charge in [0.15, 0.2) is 0 Å². The summed E-state index contributed by atoms with van der Waals surface area (Å²) in [5.41, 5.74) is 0. The maximum Gasteiger partial charge on any atom is 0 e. The molecule has 6 heavy (non-hydrogen) atoms. The van der Waals surface area contributed by atoms with E-state index in [0.29, 0.717) is 0 Å². The smallest absolute Gasteiger partial charge is 0 e. The topological polar surface area (TPSA) is 0 Å². The Morgan fingerprint density at radius 2 is 0.500 bits per heavy atom. The van der Waals surface area contributed by atoms with Crippen LogP contribution < -0.4 is 0 Å². The molecule has 51 valence electrons. The molecule has 0 aliphatic heterocycles. The molecule has 0 nitrogen and oxygen atoms in total. The predicted molar refractivity (Wildman–Crippen MR) is 32.7 cm³/mol. The molecule has 0 heterocycles. The van der Waals surface area contributed by atoms with Crippen molar-refractivity contribution in [2.75, 3.05) is 0 Å². The van der Waals surface area contributed by atoms with E-state index in [-0.39, 0.29) is 54.2 Å². The van der Waals surface area contributed by atoms with Crippen molar-refractivity contribution >= 4 is 0 Å². The molecule has 0 unspecified atom stereocenters. The van der Waals surface area contributed by atoms with Crippen molar-refractivity contribution in [1.29, 1.82) is 0 Å². The fraction of sp³-hybridized carbons (Fsp3) is 0.400. The Morgan fingerprint density at radius 1 is 0.500 bits per heavy atom. The van der Waals surface area contributed by atoms with Gasteiger partial charge in [0.1, 0.15) is 0 Å². The van der Waals surface area contributed by atoms with Gasteiger partial charge in [0.05, 0.1) is 0 Å². The first-order valence-corrected chi connectivity index (χ1v) is 0. The summed E-state index contributed by atoms with van der Waals surface area (Å²) in [6.07, 6.45) is 0. The van der Waals surface area contributed by atoms with Crippen LogP contribution in [0.25, 0.3) is 0 Å². The molecular weight excluding hydrogens is 124 g/mol. The molecule has 0 N–H and O–H groups in total. The molecule has 0 aliphatic carbocycles. The maximum atomic E-state index is 0. The molecule has 0 atom stereocenters. The van der Waals surface area contributed by atoms with Crippen molar-refractivity contribution in [3.8, 4) is 0 Å². The van der Waals surface area contributed by atoms with Crippen molar-refractivity contribution in [2.45, 2.75) is 14.9 Å². The van der Waals surface area contributed by atoms with Crippen molar-refractivity contribution in [3.63, 3.8) is 0 Å². The minimum Gasteiger partial charge on any atom is -0.358 e. The summed E-state index contributed by atoms with van der Waals surface area (Å²) in [5.74, 6) is 0. The molecule has 0 amide bonds. The summed E-state index contributed by atoms with van der Waals surface area (Å²) >= 11 is 0. The van der Waals surface area contributed by atoms with E-state index in [2.05, 4.69) is 0 Å². The number of hydrogen-bond acceptors (Lipinski definition) is 0. The van der Waals surface area contributed by atoms with Gasteiger partial charge in [-0.1, -0.05) is 14.9 Å². The first-order chi connectivity index (χ1) is 0. The SMILES string of the molecule is C.C.[CH3-].[CH3-].[CH3-].[Cu]. The van der Waals surface area contributed by atoms with Crippen molar-refractivity contribution < 1.29 is 17.1 Å². The molecule has 0 rings (SSSR count). The van der Waals surface area contributed by atoms with Crippen molar-refractivity contribution in [2.24, 2.45) is 0 Å². The first kappa shape index (κ1) is 736. The van der Waals surface area contributed by atoms with Gasteiger partial charge >= 0.3 is 0 Å². The van der Waals surface area contributed by atoms with Crippen molar-refractivity contribution in [3.05, 3.63) is 22.3 Å².